The number of aliphatic hydroxyl groups is 3. The quantitative estimate of drug-likeness (QED) is 0.292. The Labute approximate surface area is 210 Å². The van der Waals surface area contributed by atoms with Gasteiger partial charge in [0.1, 0.15) is 17.8 Å². The van der Waals surface area contributed by atoms with Gasteiger partial charge in [0.15, 0.2) is 17.5 Å². The summed E-state index contributed by atoms with van der Waals surface area (Å²) in [5.41, 5.74) is -5.20. The number of hydrogen-bond donors (Lipinski definition) is 3. The second-order valence-electron chi connectivity index (χ2n) is 11.4. The van der Waals surface area contributed by atoms with E-state index in [1.54, 1.807) is 27.7 Å². The molecule has 36 heavy (non-hydrogen) atoms. The van der Waals surface area contributed by atoms with Crippen LogP contribution in [0.3, 0.4) is 0 Å². The van der Waals surface area contributed by atoms with Crippen molar-refractivity contribution >= 4 is 17.7 Å². The largest absolute Gasteiger partial charge is 0.481 e. The molecule has 4 aliphatic rings. The second kappa shape index (κ2) is 8.29. The number of esters is 2. The zero-order valence-electron chi connectivity index (χ0n) is 21.6. The zero-order chi connectivity index (χ0) is 27.0. The van der Waals surface area contributed by atoms with Gasteiger partial charge in [0.05, 0.1) is 18.6 Å². The first-order chi connectivity index (χ1) is 16.5. The molecule has 0 aromatic carbocycles. The minimum atomic E-state index is -1.91. The Balaban J connectivity index is 2.08. The molecule has 2 saturated carbocycles. The van der Waals surface area contributed by atoms with E-state index in [0.717, 1.165) is 0 Å². The van der Waals surface area contributed by atoms with Crippen molar-refractivity contribution in [3.8, 4) is 0 Å². The molecule has 1 heterocycles. The molecule has 0 aromatic rings. The van der Waals surface area contributed by atoms with Crippen LogP contribution in [-0.2, 0) is 33.3 Å². The number of ketones is 1. The van der Waals surface area contributed by atoms with E-state index in [9.17, 15) is 29.7 Å². The van der Waals surface area contributed by atoms with E-state index in [0.29, 0.717) is 12.0 Å². The molecule has 0 spiro atoms. The molecular formula is C26H36O10. The lowest BCUT2D eigenvalue weighted by Gasteiger charge is -2.66. The fourth-order valence-electron chi connectivity index (χ4n) is 7.31. The lowest BCUT2D eigenvalue weighted by atomic mass is 9.45. The SMILES string of the molecule is C=C(O)O[C@H]1[C@@H]2[C@]3(OC(C)=O)CO[C@@H]3CC[C@@]2(C)C(=O)[C@H](OC(C)=O)C2=C(C)[C@@H](O)C[C@]1(O)C2(C)C. The van der Waals surface area contributed by atoms with Gasteiger partial charge in [-0.3, -0.25) is 14.4 Å². The van der Waals surface area contributed by atoms with E-state index in [4.69, 9.17) is 18.9 Å². The van der Waals surface area contributed by atoms with Gasteiger partial charge in [-0.15, -0.1) is 0 Å². The molecule has 8 atom stereocenters. The molecule has 0 aromatic heterocycles. The predicted molar refractivity (Wildman–Crippen MR) is 124 cm³/mol. The van der Waals surface area contributed by atoms with E-state index >= 15 is 0 Å². The average molecular weight is 509 g/mol. The molecule has 1 aliphatic heterocycles. The van der Waals surface area contributed by atoms with Gasteiger partial charge in [0.2, 0.25) is 0 Å². The standard InChI is InChI=1S/C26H36O10/c1-12-16(30)10-26(32)22(35-14(3)28)20-24(7,9-8-17-25(20,11-33-17)36-15(4)29)21(31)19(34-13(2)27)18(12)23(26,5)6/h16-17,19-20,22,28,30,32H,3,8-11H2,1-2,4-7H3/t16-,17+,19+,20-,22-,24+,25-,26+/m0/s1. The summed E-state index contributed by atoms with van der Waals surface area (Å²) in [6.45, 7) is 12.5. The van der Waals surface area contributed by atoms with Crippen molar-refractivity contribution in [3.05, 3.63) is 23.7 Å². The van der Waals surface area contributed by atoms with Gasteiger partial charge in [-0.05, 0) is 37.5 Å². The molecule has 10 heteroatoms. The highest BCUT2D eigenvalue weighted by atomic mass is 16.6. The van der Waals surface area contributed by atoms with Crippen LogP contribution in [0.4, 0.5) is 0 Å². The Bertz CT molecular complexity index is 1050. The van der Waals surface area contributed by atoms with Crippen LogP contribution in [0.2, 0.25) is 0 Å². The van der Waals surface area contributed by atoms with Gasteiger partial charge in [0, 0.05) is 31.1 Å². The van der Waals surface area contributed by atoms with Gasteiger partial charge in [-0.25, -0.2) is 0 Å². The van der Waals surface area contributed by atoms with E-state index in [-0.39, 0.29) is 25.0 Å². The van der Waals surface area contributed by atoms with E-state index in [1.807, 2.05) is 0 Å². The third-order valence-electron chi connectivity index (χ3n) is 9.10. The first-order valence-corrected chi connectivity index (χ1v) is 12.2. The molecule has 0 radical (unpaired) electrons. The number of ether oxygens (including phenoxy) is 4. The van der Waals surface area contributed by atoms with Crippen LogP contribution in [0.1, 0.15) is 60.8 Å². The Kier molecular flexibility index (Phi) is 6.13. The van der Waals surface area contributed by atoms with Gasteiger partial charge in [0.25, 0.3) is 5.95 Å². The van der Waals surface area contributed by atoms with Crippen molar-refractivity contribution in [2.75, 3.05) is 6.61 Å². The fraction of sp³-hybridized carbons (Fsp3) is 0.731. The Morgan fingerprint density at radius 3 is 2.28 bits per heavy atom. The smallest absolute Gasteiger partial charge is 0.303 e. The maximum absolute atomic E-state index is 14.5. The minimum Gasteiger partial charge on any atom is -0.481 e. The minimum absolute atomic E-state index is 0.0540. The normalized spacial score (nSPS) is 43.1. The van der Waals surface area contributed by atoms with Crippen molar-refractivity contribution in [1.29, 1.82) is 0 Å². The predicted octanol–water partition coefficient (Wildman–Crippen LogP) is 1.87. The fourth-order valence-corrected chi connectivity index (χ4v) is 7.31. The molecule has 3 N–H and O–H groups in total. The summed E-state index contributed by atoms with van der Waals surface area (Å²) in [6, 6.07) is 0. The highest BCUT2D eigenvalue weighted by molar-refractivity contribution is 5.94. The monoisotopic (exact) mass is 508 g/mol. The van der Waals surface area contributed by atoms with Crippen molar-refractivity contribution in [1.82, 2.24) is 0 Å². The van der Waals surface area contributed by atoms with Gasteiger partial charge in [-0.2, -0.15) is 0 Å². The Morgan fingerprint density at radius 1 is 1.14 bits per heavy atom. The van der Waals surface area contributed by atoms with Crippen LogP contribution in [-0.4, -0.2) is 75.3 Å². The molecule has 3 aliphatic carbocycles. The number of Topliss-reactive ketones (excluding diaryl/α,β-unsaturated/α-hetero) is 1. The number of carbonyl (C=O) groups is 3. The zero-order valence-corrected chi connectivity index (χ0v) is 21.6. The van der Waals surface area contributed by atoms with Crippen LogP contribution in [0.15, 0.2) is 23.7 Å². The average Bonchev–Trinajstić information content (AvgIpc) is 2.72. The van der Waals surface area contributed by atoms with Crippen molar-refractivity contribution in [2.45, 2.75) is 96.4 Å². The maximum Gasteiger partial charge on any atom is 0.303 e. The van der Waals surface area contributed by atoms with Crippen LogP contribution in [0.5, 0.6) is 0 Å². The van der Waals surface area contributed by atoms with E-state index < -0.39 is 76.0 Å². The van der Waals surface area contributed by atoms with Gasteiger partial charge < -0.3 is 34.3 Å². The van der Waals surface area contributed by atoms with Crippen LogP contribution in [0.25, 0.3) is 0 Å². The molecule has 4 rings (SSSR count). The highest BCUT2D eigenvalue weighted by Crippen LogP contribution is 2.64. The first-order valence-electron chi connectivity index (χ1n) is 12.2. The van der Waals surface area contributed by atoms with Gasteiger partial charge in [-0.1, -0.05) is 20.8 Å². The summed E-state index contributed by atoms with van der Waals surface area (Å²) in [6.07, 6.45) is -4.10. The van der Waals surface area contributed by atoms with Crippen molar-refractivity contribution in [3.63, 3.8) is 0 Å². The number of aliphatic hydroxyl groups excluding tert-OH is 2. The van der Waals surface area contributed by atoms with Gasteiger partial charge >= 0.3 is 11.9 Å². The Morgan fingerprint density at radius 2 is 1.78 bits per heavy atom. The molecule has 200 valence electrons. The third-order valence-corrected chi connectivity index (χ3v) is 9.10. The van der Waals surface area contributed by atoms with Crippen LogP contribution in [0, 0.1) is 16.7 Å². The maximum atomic E-state index is 14.5. The summed E-state index contributed by atoms with van der Waals surface area (Å²) in [5, 5.41) is 33.8. The molecule has 1 saturated heterocycles. The summed E-state index contributed by atoms with van der Waals surface area (Å²) in [7, 11) is 0. The summed E-state index contributed by atoms with van der Waals surface area (Å²) >= 11 is 0. The highest BCUT2D eigenvalue weighted by Gasteiger charge is 2.76. The number of rotatable bonds is 4. The van der Waals surface area contributed by atoms with Crippen molar-refractivity contribution in [2.24, 2.45) is 16.7 Å². The lowest BCUT2D eigenvalue weighted by molar-refractivity contribution is -0.336. The number of hydrogen-bond acceptors (Lipinski definition) is 10. The second-order valence-corrected chi connectivity index (χ2v) is 11.4. The molecule has 3 fully saturated rings. The molecule has 2 bridgehead atoms. The number of carbonyl (C=O) groups excluding carboxylic acids is 3. The topological polar surface area (TPSA) is 149 Å². The van der Waals surface area contributed by atoms with Crippen molar-refractivity contribution < 1.29 is 48.7 Å². The molecule has 10 nitrogen and oxygen atoms in total. The molecule has 0 amide bonds. The Hall–Kier alpha value is -2.43. The third kappa shape index (κ3) is 3.44. The molecule has 0 unspecified atom stereocenters. The van der Waals surface area contributed by atoms with E-state index in [2.05, 4.69) is 6.58 Å². The van der Waals surface area contributed by atoms with Crippen LogP contribution < -0.4 is 0 Å². The first kappa shape index (κ1) is 26.6. The lowest BCUT2D eigenvalue weighted by Crippen LogP contribution is -2.79. The summed E-state index contributed by atoms with van der Waals surface area (Å²) < 4.78 is 23.1. The van der Waals surface area contributed by atoms with E-state index in [1.165, 1.54) is 13.8 Å². The number of fused-ring (bicyclic) bond motifs is 5. The van der Waals surface area contributed by atoms with Crippen LogP contribution >= 0.6 is 0 Å². The molecular weight excluding hydrogens is 472 g/mol. The summed E-state index contributed by atoms with van der Waals surface area (Å²) in [5.74, 6) is -3.49. The summed E-state index contributed by atoms with van der Waals surface area (Å²) in [4.78, 5) is 39.0.